The summed E-state index contributed by atoms with van der Waals surface area (Å²) in [5, 5.41) is 3.35. The van der Waals surface area contributed by atoms with Crippen LogP contribution in [-0.4, -0.2) is 66.4 Å². The molecule has 1 N–H and O–H groups in total. The van der Waals surface area contributed by atoms with Crippen molar-refractivity contribution in [3.63, 3.8) is 0 Å². The zero-order chi connectivity index (χ0) is 19.3. The number of aromatic nitrogens is 1. The monoisotopic (exact) mass is 379 g/mol. The Hall–Kier alpha value is -3.09. The van der Waals surface area contributed by atoms with Crippen LogP contribution in [0.5, 0.6) is 0 Å². The van der Waals surface area contributed by atoms with E-state index >= 15 is 0 Å². The molecule has 2 amide bonds. The van der Waals surface area contributed by atoms with E-state index in [0.29, 0.717) is 31.9 Å². The first-order valence-corrected chi connectivity index (χ1v) is 9.80. The first kappa shape index (κ1) is 18.3. The first-order chi connectivity index (χ1) is 13.7. The van der Waals surface area contributed by atoms with Crippen LogP contribution in [0.15, 0.2) is 42.6 Å². The van der Waals surface area contributed by atoms with E-state index in [-0.39, 0.29) is 5.91 Å². The highest BCUT2D eigenvalue weighted by Crippen LogP contribution is 2.24. The Kier molecular flexibility index (Phi) is 5.41. The second kappa shape index (κ2) is 8.29. The van der Waals surface area contributed by atoms with Crippen molar-refractivity contribution >= 4 is 29.4 Å². The van der Waals surface area contributed by atoms with E-state index in [1.54, 1.807) is 22.1 Å². The maximum absolute atomic E-state index is 12.7. The van der Waals surface area contributed by atoms with Crippen LogP contribution >= 0.6 is 0 Å². The molecule has 28 heavy (non-hydrogen) atoms. The summed E-state index contributed by atoms with van der Waals surface area (Å²) in [6, 6.07) is 12.0. The zero-order valence-corrected chi connectivity index (χ0v) is 15.9. The van der Waals surface area contributed by atoms with Crippen LogP contribution in [0.3, 0.4) is 0 Å². The molecule has 0 saturated carbocycles. The quantitative estimate of drug-likeness (QED) is 0.808. The van der Waals surface area contributed by atoms with Crippen molar-refractivity contribution < 1.29 is 9.59 Å². The number of amides is 2. The number of piperazine rings is 1. The number of carbonyl (C=O) groups excluding carboxylic acids is 2. The molecule has 0 radical (unpaired) electrons. The molecule has 0 bridgehead atoms. The third kappa shape index (κ3) is 4.08. The summed E-state index contributed by atoms with van der Waals surface area (Å²) < 4.78 is 0. The van der Waals surface area contributed by atoms with Gasteiger partial charge in [-0.25, -0.2) is 0 Å². The van der Waals surface area contributed by atoms with Gasteiger partial charge in [0.25, 0.3) is 5.91 Å². The fourth-order valence-corrected chi connectivity index (χ4v) is 3.72. The minimum Gasteiger partial charge on any atom is -0.372 e. The fourth-order valence-electron chi connectivity index (χ4n) is 3.72. The van der Waals surface area contributed by atoms with Crippen molar-refractivity contribution in [3.8, 4) is 0 Å². The SMILES string of the molecule is O=CN1CCN(C(=O)c2cc(Nc3ccc(N4CCCC4)cc3)ccn2)CC1. The number of nitrogens with zero attached hydrogens (tertiary/aromatic N) is 4. The van der Waals surface area contributed by atoms with Gasteiger partial charge in [0.15, 0.2) is 0 Å². The standard InChI is InChI=1S/C21H25N5O2/c27-16-24-11-13-26(14-12-24)21(28)20-15-18(7-8-22-20)23-17-3-5-19(6-4-17)25-9-1-2-10-25/h3-8,15-16H,1-2,9-14H2,(H,22,23). The number of carbonyl (C=O) groups is 2. The fraction of sp³-hybridized carbons (Fsp3) is 0.381. The summed E-state index contributed by atoms with van der Waals surface area (Å²) in [5.41, 5.74) is 3.48. The summed E-state index contributed by atoms with van der Waals surface area (Å²) in [5.74, 6) is -0.0985. The van der Waals surface area contributed by atoms with Crippen molar-refractivity contribution in [2.75, 3.05) is 49.5 Å². The van der Waals surface area contributed by atoms with E-state index < -0.39 is 0 Å². The van der Waals surface area contributed by atoms with Gasteiger partial charge in [-0.15, -0.1) is 0 Å². The van der Waals surface area contributed by atoms with E-state index in [1.807, 2.05) is 6.07 Å². The summed E-state index contributed by atoms with van der Waals surface area (Å²) in [6.45, 7) is 4.46. The third-order valence-electron chi connectivity index (χ3n) is 5.36. The number of benzene rings is 1. The van der Waals surface area contributed by atoms with E-state index in [2.05, 4.69) is 39.5 Å². The molecule has 2 saturated heterocycles. The minimum atomic E-state index is -0.0985. The van der Waals surface area contributed by atoms with Crippen molar-refractivity contribution in [1.82, 2.24) is 14.8 Å². The lowest BCUT2D eigenvalue weighted by molar-refractivity contribution is -0.119. The molecule has 1 aromatic heterocycles. The Bertz CT molecular complexity index is 825. The van der Waals surface area contributed by atoms with Crippen LogP contribution in [0, 0.1) is 0 Å². The van der Waals surface area contributed by atoms with Crippen molar-refractivity contribution in [3.05, 3.63) is 48.3 Å². The third-order valence-corrected chi connectivity index (χ3v) is 5.36. The highest BCUT2D eigenvalue weighted by atomic mass is 16.2. The van der Waals surface area contributed by atoms with Gasteiger partial charge in [0.1, 0.15) is 5.69 Å². The average molecular weight is 379 g/mol. The number of hydrogen-bond acceptors (Lipinski definition) is 5. The molecule has 2 aliphatic rings. The lowest BCUT2D eigenvalue weighted by Crippen LogP contribution is -2.48. The van der Waals surface area contributed by atoms with Crippen LogP contribution in [0.25, 0.3) is 0 Å². The van der Waals surface area contributed by atoms with Crippen LogP contribution < -0.4 is 10.2 Å². The van der Waals surface area contributed by atoms with Gasteiger partial charge in [-0.2, -0.15) is 0 Å². The van der Waals surface area contributed by atoms with Gasteiger partial charge in [0.2, 0.25) is 6.41 Å². The zero-order valence-electron chi connectivity index (χ0n) is 15.9. The average Bonchev–Trinajstić information content (AvgIpc) is 3.29. The van der Waals surface area contributed by atoms with Crippen LogP contribution in [0.1, 0.15) is 23.3 Å². The van der Waals surface area contributed by atoms with Crippen molar-refractivity contribution in [1.29, 1.82) is 0 Å². The molecule has 7 nitrogen and oxygen atoms in total. The highest BCUT2D eigenvalue weighted by molar-refractivity contribution is 5.93. The molecule has 146 valence electrons. The first-order valence-electron chi connectivity index (χ1n) is 9.80. The summed E-state index contributed by atoms with van der Waals surface area (Å²) in [4.78, 5) is 33.6. The van der Waals surface area contributed by atoms with Gasteiger partial charge in [-0.3, -0.25) is 14.6 Å². The second-order valence-electron chi connectivity index (χ2n) is 7.23. The minimum absolute atomic E-state index is 0.0985. The maximum Gasteiger partial charge on any atom is 0.272 e. The molecular formula is C21H25N5O2. The molecule has 3 heterocycles. The molecule has 4 rings (SSSR count). The van der Waals surface area contributed by atoms with Crippen molar-refractivity contribution in [2.45, 2.75) is 12.8 Å². The Balaban J connectivity index is 1.41. The number of hydrogen-bond donors (Lipinski definition) is 1. The predicted molar refractivity (Wildman–Crippen MR) is 109 cm³/mol. The van der Waals surface area contributed by atoms with Crippen LogP contribution in [0.4, 0.5) is 17.1 Å². The van der Waals surface area contributed by atoms with Gasteiger partial charge in [-0.1, -0.05) is 0 Å². The number of nitrogens with one attached hydrogen (secondary N) is 1. The molecular weight excluding hydrogens is 354 g/mol. The Morgan fingerprint density at radius 3 is 2.32 bits per heavy atom. The molecule has 0 atom stereocenters. The number of anilines is 3. The molecule has 2 aliphatic heterocycles. The predicted octanol–water partition coefficient (Wildman–Crippen LogP) is 2.34. The Labute approximate surface area is 164 Å². The molecule has 2 aromatic rings. The van der Waals surface area contributed by atoms with Crippen LogP contribution in [0.2, 0.25) is 0 Å². The molecule has 2 fully saturated rings. The van der Waals surface area contributed by atoms with E-state index in [0.717, 1.165) is 30.9 Å². The van der Waals surface area contributed by atoms with Gasteiger partial charge in [0.05, 0.1) is 0 Å². The summed E-state index contributed by atoms with van der Waals surface area (Å²) in [6.07, 6.45) is 5.01. The van der Waals surface area contributed by atoms with Gasteiger partial charge >= 0.3 is 0 Å². The van der Waals surface area contributed by atoms with Gasteiger partial charge in [-0.05, 0) is 49.2 Å². The highest BCUT2D eigenvalue weighted by Gasteiger charge is 2.22. The smallest absolute Gasteiger partial charge is 0.272 e. The normalized spacial score (nSPS) is 16.9. The largest absolute Gasteiger partial charge is 0.372 e. The van der Waals surface area contributed by atoms with E-state index in [9.17, 15) is 9.59 Å². The topological polar surface area (TPSA) is 68.8 Å². The molecule has 7 heteroatoms. The van der Waals surface area contributed by atoms with E-state index in [4.69, 9.17) is 0 Å². The molecule has 1 aromatic carbocycles. The molecule has 0 spiro atoms. The van der Waals surface area contributed by atoms with Crippen LogP contribution in [-0.2, 0) is 4.79 Å². The van der Waals surface area contributed by atoms with Crippen molar-refractivity contribution in [2.24, 2.45) is 0 Å². The Morgan fingerprint density at radius 1 is 0.929 bits per heavy atom. The number of rotatable bonds is 5. The van der Waals surface area contributed by atoms with Gasteiger partial charge < -0.3 is 20.0 Å². The lowest BCUT2D eigenvalue weighted by Gasteiger charge is -2.32. The van der Waals surface area contributed by atoms with E-state index in [1.165, 1.54) is 18.5 Å². The second-order valence-corrected chi connectivity index (χ2v) is 7.23. The Morgan fingerprint density at radius 2 is 1.64 bits per heavy atom. The summed E-state index contributed by atoms with van der Waals surface area (Å²) in [7, 11) is 0. The van der Waals surface area contributed by atoms with Gasteiger partial charge in [0, 0.05) is 62.5 Å². The number of pyridine rings is 1. The summed E-state index contributed by atoms with van der Waals surface area (Å²) >= 11 is 0. The molecule has 0 aliphatic carbocycles. The lowest BCUT2D eigenvalue weighted by atomic mass is 10.2. The molecule has 0 unspecified atom stereocenters. The maximum atomic E-state index is 12.7.